The first-order chi connectivity index (χ1) is 9.60. The molecule has 0 fully saturated rings. The summed E-state index contributed by atoms with van der Waals surface area (Å²) < 4.78 is 19.6. The molecule has 0 saturated carbocycles. The quantitative estimate of drug-likeness (QED) is 0.786. The molecule has 20 heavy (non-hydrogen) atoms. The Balaban J connectivity index is 1.99. The van der Waals surface area contributed by atoms with Gasteiger partial charge in [-0.05, 0) is 25.5 Å². The number of nitrogens with one attached hydrogen (secondary N) is 1. The lowest BCUT2D eigenvalue weighted by Gasteiger charge is -2.12. The Kier molecular flexibility index (Phi) is 5.09. The first-order valence-electron chi connectivity index (χ1n) is 6.30. The maximum atomic E-state index is 13.6. The van der Waals surface area contributed by atoms with Crippen molar-refractivity contribution in [1.82, 2.24) is 0 Å². The van der Waals surface area contributed by atoms with Gasteiger partial charge in [-0.3, -0.25) is 0 Å². The van der Waals surface area contributed by atoms with Gasteiger partial charge in [0, 0.05) is 23.6 Å². The Morgan fingerprint density at radius 1 is 1.40 bits per heavy atom. The van der Waals surface area contributed by atoms with Gasteiger partial charge in [0.2, 0.25) is 0 Å². The van der Waals surface area contributed by atoms with Gasteiger partial charge in [-0.15, -0.1) is 11.3 Å². The second-order valence-corrected chi connectivity index (χ2v) is 5.99. The summed E-state index contributed by atoms with van der Waals surface area (Å²) in [6, 6.07) is 6.74. The number of thiophene rings is 1. The van der Waals surface area contributed by atoms with Crippen molar-refractivity contribution in [1.29, 1.82) is 0 Å². The highest BCUT2D eigenvalue weighted by Gasteiger charge is 2.08. The third-order valence-corrected chi connectivity index (χ3v) is 4.01. The Morgan fingerprint density at radius 3 is 2.85 bits per heavy atom. The van der Waals surface area contributed by atoms with Crippen molar-refractivity contribution in [2.24, 2.45) is 0 Å². The van der Waals surface area contributed by atoms with E-state index < -0.39 is 5.82 Å². The van der Waals surface area contributed by atoms with Crippen LogP contribution in [0.5, 0.6) is 5.75 Å². The predicted molar refractivity (Wildman–Crippen MR) is 83.5 cm³/mol. The molecule has 0 spiro atoms. The van der Waals surface area contributed by atoms with Crippen LogP contribution < -0.4 is 15.8 Å². The van der Waals surface area contributed by atoms with Crippen LogP contribution in [0.25, 0.3) is 0 Å². The average Bonchev–Trinajstić information content (AvgIpc) is 2.81. The van der Waals surface area contributed by atoms with E-state index in [-0.39, 0.29) is 5.75 Å². The Hall–Kier alpha value is -1.46. The van der Waals surface area contributed by atoms with Crippen molar-refractivity contribution in [2.75, 3.05) is 24.2 Å². The van der Waals surface area contributed by atoms with Gasteiger partial charge >= 0.3 is 0 Å². The van der Waals surface area contributed by atoms with Gasteiger partial charge < -0.3 is 15.8 Å². The first-order valence-corrected chi connectivity index (χ1v) is 7.49. The maximum Gasteiger partial charge on any atom is 0.167 e. The summed E-state index contributed by atoms with van der Waals surface area (Å²) in [5.74, 6) is -0.233. The third kappa shape index (κ3) is 3.77. The Morgan fingerprint density at radius 2 is 2.20 bits per heavy atom. The molecule has 0 aliphatic carbocycles. The zero-order chi connectivity index (χ0) is 14.5. The molecular formula is C14H16ClFN2OS. The van der Waals surface area contributed by atoms with Gasteiger partial charge in [0.25, 0.3) is 0 Å². The summed E-state index contributed by atoms with van der Waals surface area (Å²) in [6.45, 7) is 2.91. The topological polar surface area (TPSA) is 47.3 Å². The minimum atomic E-state index is -0.445. The van der Waals surface area contributed by atoms with Crippen molar-refractivity contribution in [3.05, 3.63) is 39.3 Å². The molecule has 3 N–H and O–H groups in total. The van der Waals surface area contributed by atoms with Gasteiger partial charge in [-0.1, -0.05) is 11.6 Å². The summed E-state index contributed by atoms with van der Waals surface area (Å²) in [5.41, 5.74) is 6.84. The van der Waals surface area contributed by atoms with Gasteiger partial charge in [0.1, 0.15) is 0 Å². The van der Waals surface area contributed by atoms with Crippen LogP contribution >= 0.6 is 22.9 Å². The molecular weight excluding hydrogens is 299 g/mol. The minimum Gasteiger partial charge on any atom is -0.491 e. The van der Waals surface area contributed by atoms with Crippen LogP contribution in [-0.2, 0) is 6.42 Å². The van der Waals surface area contributed by atoms with Gasteiger partial charge in [-0.2, -0.15) is 0 Å². The monoisotopic (exact) mass is 314 g/mol. The van der Waals surface area contributed by atoms with Crippen LogP contribution in [0.15, 0.2) is 24.3 Å². The SMILES string of the molecule is CCOc1cc(NCCc2ccc(Cl)s2)c(N)cc1F. The highest BCUT2D eigenvalue weighted by Crippen LogP contribution is 2.28. The number of rotatable bonds is 6. The molecule has 0 bridgehead atoms. The standard InChI is InChI=1S/C14H16ClFN2OS/c1-2-19-13-8-12(11(17)7-10(13)16)18-6-5-9-3-4-14(15)20-9/h3-4,7-8,18H,2,5-6,17H2,1H3. The zero-order valence-corrected chi connectivity index (χ0v) is 12.7. The molecule has 108 valence electrons. The van der Waals surface area contributed by atoms with Crippen molar-refractivity contribution < 1.29 is 9.13 Å². The molecule has 0 amide bonds. The number of hydrogen-bond acceptors (Lipinski definition) is 4. The molecule has 3 nitrogen and oxygen atoms in total. The molecule has 2 aromatic rings. The normalized spacial score (nSPS) is 10.6. The molecule has 0 aliphatic heterocycles. The van der Waals surface area contributed by atoms with E-state index in [1.54, 1.807) is 17.4 Å². The van der Waals surface area contributed by atoms with Crippen LogP contribution in [0.1, 0.15) is 11.8 Å². The van der Waals surface area contributed by atoms with E-state index in [9.17, 15) is 4.39 Å². The maximum absolute atomic E-state index is 13.6. The van der Waals surface area contributed by atoms with E-state index in [1.165, 1.54) is 10.9 Å². The fourth-order valence-electron chi connectivity index (χ4n) is 1.79. The van der Waals surface area contributed by atoms with Crippen LogP contribution in [0, 0.1) is 5.82 Å². The largest absolute Gasteiger partial charge is 0.491 e. The fraction of sp³-hybridized carbons (Fsp3) is 0.286. The average molecular weight is 315 g/mol. The van der Waals surface area contributed by atoms with Crippen LogP contribution in [0.4, 0.5) is 15.8 Å². The number of ether oxygens (including phenoxy) is 1. The second kappa shape index (κ2) is 6.81. The Bertz CT molecular complexity index is 589. The molecule has 2 rings (SSSR count). The Labute approximate surface area is 126 Å². The lowest BCUT2D eigenvalue weighted by atomic mass is 10.2. The number of halogens is 2. The lowest BCUT2D eigenvalue weighted by molar-refractivity contribution is 0.322. The molecule has 0 saturated heterocycles. The number of benzene rings is 1. The van der Waals surface area contributed by atoms with Crippen LogP contribution in [0.3, 0.4) is 0 Å². The van der Waals surface area contributed by atoms with E-state index in [0.29, 0.717) is 24.5 Å². The summed E-state index contributed by atoms with van der Waals surface area (Å²) in [7, 11) is 0. The summed E-state index contributed by atoms with van der Waals surface area (Å²) in [6.07, 6.45) is 0.832. The molecule has 0 unspecified atom stereocenters. The number of nitrogens with two attached hydrogens (primary N) is 1. The van der Waals surface area contributed by atoms with Crippen molar-refractivity contribution >= 4 is 34.3 Å². The second-order valence-electron chi connectivity index (χ2n) is 4.19. The summed E-state index contributed by atoms with van der Waals surface area (Å²) >= 11 is 7.42. The predicted octanol–water partition coefficient (Wildman–Crippen LogP) is 4.18. The van der Waals surface area contributed by atoms with E-state index in [1.807, 2.05) is 19.1 Å². The zero-order valence-electron chi connectivity index (χ0n) is 11.1. The third-order valence-electron chi connectivity index (χ3n) is 2.72. The molecule has 0 radical (unpaired) electrons. The first kappa shape index (κ1) is 14.9. The summed E-state index contributed by atoms with van der Waals surface area (Å²) in [5, 5.41) is 3.19. The molecule has 1 aromatic carbocycles. The molecule has 1 aromatic heterocycles. The molecule has 1 heterocycles. The molecule has 0 atom stereocenters. The van der Waals surface area contributed by atoms with Crippen LogP contribution in [-0.4, -0.2) is 13.2 Å². The van der Waals surface area contributed by atoms with E-state index in [0.717, 1.165) is 10.8 Å². The van der Waals surface area contributed by atoms with Gasteiger partial charge in [0.15, 0.2) is 11.6 Å². The fourth-order valence-corrected chi connectivity index (χ4v) is 2.88. The van der Waals surface area contributed by atoms with Crippen molar-refractivity contribution in [3.63, 3.8) is 0 Å². The van der Waals surface area contributed by atoms with Crippen molar-refractivity contribution in [3.8, 4) is 5.75 Å². The highest BCUT2D eigenvalue weighted by atomic mass is 35.5. The lowest BCUT2D eigenvalue weighted by Crippen LogP contribution is -2.07. The molecule has 6 heteroatoms. The van der Waals surface area contributed by atoms with Gasteiger partial charge in [0.05, 0.1) is 22.3 Å². The number of hydrogen-bond donors (Lipinski definition) is 2. The minimum absolute atomic E-state index is 0.211. The van der Waals surface area contributed by atoms with E-state index in [4.69, 9.17) is 22.1 Å². The van der Waals surface area contributed by atoms with E-state index in [2.05, 4.69) is 5.32 Å². The highest BCUT2D eigenvalue weighted by molar-refractivity contribution is 7.16. The van der Waals surface area contributed by atoms with Crippen molar-refractivity contribution in [2.45, 2.75) is 13.3 Å². The molecule has 0 aliphatic rings. The smallest absolute Gasteiger partial charge is 0.167 e. The number of nitrogen functional groups attached to an aromatic ring is 1. The van der Waals surface area contributed by atoms with Crippen LogP contribution in [0.2, 0.25) is 4.34 Å². The van der Waals surface area contributed by atoms with E-state index >= 15 is 0 Å². The van der Waals surface area contributed by atoms with Gasteiger partial charge in [-0.25, -0.2) is 4.39 Å². The summed E-state index contributed by atoms with van der Waals surface area (Å²) in [4.78, 5) is 1.19. The number of anilines is 2.